The molecule has 2 aliphatic heterocycles. The van der Waals surface area contributed by atoms with E-state index in [0.717, 1.165) is 48.4 Å². The smallest absolute Gasteiger partial charge is 0.328 e. The van der Waals surface area contributed by atoms with Crippen LogP contribution in [0, 0.1) is 0 Å². The van der Waals surface area contributed by atoms with Crippen molar-refractivity contribution in [3.63, 3.8) is 0 Å². The zero-order valence-corrected chi connectivity index (χ0v) is 25.1. The van der Waals surface area contributed by atoms with E-state index >= 15 is 0 Å². The first-order valence-corrected chi connectivity index (χ1v) is 14.8. The molecular weight excluding hydrogens is 560 g/mol. The molecule has 6 rings (SSSR count). The van der Waals surface area contributed by atoms with Crippen molar-refractivity contribution >= 4 is 34.2 Å². The van der Waals surface area contributed by atoms with Gasteiger partial charge in [0, 0.05) is 67.7 Å². The van der Waals surface area contributed by atoms with Crippen LogP contribution in [0.5, 0.6) is 11.5 Å². The predicted octanol–water partition coefficient (Wildman–Crippen LogP) is 4.15. The van der Waals surface area contributed by atoms with Crippen LogP contribution < -0.4 is 30.1 Å². The van der Waals surface area contributed by atoms with Gasteiger partial charge in [-0.3, -0.25) is 24.7 Å². The van der Waals surface area contributed by atoms with Crippen LogP contribution in [0.15, 0.2) is 65.5 Å². The molecule has 11 heteroatoms. The summed E-state index contributed by atoms with van der Waals surface area (Å²) in [6.45, 7) is 2.93. The lowest BCUT2D eigenvalue weighted by atomic mass is 10.0. The third-order valence-electron chi connectivity index (χ3n) is 8.55. The van der Waals surface area contributed by atoms with E-state index in [4.69, 9.17) is 14.5 Å². The Morgan fingerprint density at radius 1 is 0.955 bits per heavy atom. The van der Waals surface area contributed by atoms with Crippen LogP contribution >= 0.6 is 0 Å². The van der Waals surface area contributed by atoms with Crippen molar-refractivity contribution in [2.45, 2.75) is 31.8 Å². The average Bonchev–Trinajstić information content (AvgIpc) is 3.04. The number of fused-ring (bicyclic) bond motifs is 1. The zero-order valence-electron chi connectivity index (χ0n) is 25.1. The number of nitrogens with zero attached hydrogens (tertiary/aromatic N) is 4. The summed E-state index contributed by atoms with van der Waals surface area (Å²) < 4.78 is 10.7. The highest BCUT2D eigenvalue weighted by molar-refractivity contribution is 6.05. The first-order valence-electron chi connectivity index (χ1n) is 14.8. The van der Waals surface area contributed by atoms with Gasteiger partial charge in [-0.2, -0.15) is 0 Å². The van der Waals surface area contributed by atoms with E-state index in [-0.39, 0.29) is 17.5 Å². The number of anilines is 2. The summed E-state index contributed by atoms with van der Waals surface area (Å²) in [4.78, 5) is 51.0. The van der Waals surface area contributed by atoms with Crippen molar-refractivity contribution in [3.05, 3.63) is 76.6 Å². The van der Waals surface area contributed by atoms with Gasteiger partial charge in [0.15, 0.2) is 0 Å². The minimum Gasteiger partial charge on any atom is -0.497 e. The normalized spacial score (nSPS) is 16.0. The topological polar surface area (TPSA) is 120 Å². The molecule has 0 bridgehead atoms. The molecule has 3 amide bonds. The lowest BCUT2D eigenvalue weighted by Crippen LogP contribution is -2.50. The van der Waals surface area contributed by atoms with Gasteiger partial charge in [0.1, 0.15) is 22.7 Å². The van der Waals surface area contributed by atoms with Crippen molar-refractivity contribution in [1.29, 1.82) is 0 Å². The fourth-order valence-corrected chi connectivity index (χ4v) is 6.12. The summed E-state index contributed by atoms with van der Waals surface area (Å²) in [5.41, 5.74) is 4.09. The number of imide groups is 1. The number of amides is 3. The summed E-state index contributed by atoms with van der Waals surface area (Å²) in [6.07, 6.45) is 2.31. The molecule has 0 atom stereocenters. The Labute approximate surface area is 255 Å². The number of carbonyl (C=O) groups excluding carboxylic acids is 2. The fourth-order valence-electron chi connectivity index (χ4n) is 6.12. The molecular formula is C33H36N6O5. The number of benzene rings is 3. The molecule has 0 radical (unpaired) electrons. The van der Waals surface area contributed by atoms with Gasteiger partial charge in [0.25, 0.3) is 5.56 Å². The first kappa shape index (κ1) is 29.2. The average molecular weight is 597 g/mol. The largest absolute Gasteiger partial charge is 0.497 e. The Bertz CT molecular complexity index is 1750. The second-order valence-electron chi connectivity index (χ2n) is 11.2. The van der Waals surface area contributed by atoms with Crippen molar-refractivity contribution in [2.24, 2.45) is 0 Å². The summed E-state index contributed by atoms with van der Waals surface area (Å²) in [6, 6.07) is 19.5. The number of aromatic nitrogens is 2. The number of methoxy groups -OCH3 is 2. The van der Waals surface area contributed by atoms with Crippen LogP contribution in [-0.4, -0.2) is 73.7 Å². The number of nitrogens with one attached hydrogen (secondary N) is 2. The molecule has 2 aliphatic rings. The van der Waals surface area contributed by atoms with Gasteiger partial charge in [-0.1, -0.05) is 18.2 Å². The number of aromatic amines is 1. The first-order chi connectivity index (χ1) is 21.3. The Hall–Kier alpha value is -4.90. The summed E-state index contributed by atoms with van der Waals surface area (Å²) in [5, 5.41) is 2.81. The highest BCUT2D eigenvalue weighted by atomic mass is 16.5. The molecule has 2 N–H and O–H groups in total. The van der Waals surface area contributed by atoms with Crippen LogP contribution in [0.3, 0.4) is 0 Å². The highest BCUT2D eigenvalue weighted by Gasteiger charge is 2.28. The van der Waals surface area contributed by atoms with Crippen molar-refractivity contribution in [1.82, 2.24) is 20.2 Å². The third-order valence-corrected chi connectivity index (χ3v) is 8.55. The summed E-state index contributed by atoms with van der Waals surface area (Å²) in [7, 11) is 5.22. The molecule has 1 aromatic heterocycles. The molecule has 44 heavy (non-hydrogen) atoms. The van der Waals surface area contributed by atoms with Gasteiger partial charge in [-0.05, 0) is 55.8 Å². The standard InChI is InChI=1S/C33H36N6O5/c1-37(20-22-6-4-5-7-27(22)39-17-14-29(40)35-33(39)42)23-12-15-38(16-13-23)24-10-8-21(9-11-24)31-34-26-18-25(43-2)19-28(44-3)30(26)32(41)36-31/h4-11,18-19,23H,12-17,20H2,1-3H3,(H,34,36,41)(H,35,40,42). The molecule has 11 nitrogen and oxygen atoms in total. The number of urea groups is 1. The van der Waals surface area contributed by atoms with Crippen molar-refractivity contribution in [2.75, 3.05) is 50.7 Å². The van der Waals surface area contributed by atoms with Crippen LogP contribution in [0.2, 0.25) is 0 Å². The SMILES string of the molecule is COc1cc(OC)c2c(=O)[nH]c(-c3ccc(N4CCC(N(C)Cc5ccccc5N5CCC(=O)NC5=O)CC4)cc3)nc2c1. The van der Waals surface area contributed by atoms with Crippen LogP contribution in [0.1, 0.15) is 24.8 Å². The molecule has 3 aromatic carbocycles. The molecule has 0 aliphatic carbocycles. The number of H-pyrrole nitrogens is 1. The van der Waals surface area contributed by atoms with E-state index < -0.39 is 0 Å². The molecule has 0 unspecified atom stereocenters. The summed E-state index contributed by atoms with van der Waals surface area (Å²) in [5.74, 6) is 1.24. The third kappa shape index (κ3) is 5.83. The number of para-hydroxylation sites is 1. The van der Waals surface area contributed by atoms with Crippen LogP contribution in [0.25, 0.3) is 22.3 Å². The molecule has 2 saturated heterocycles. The van der Waals surface area contributed by atoms with Crippen molar-refractivity contribution < 1.29 is 19.1 Å². The number of piperidine rings is 1. The number of ether oxygens (including phenoxy) is 2. The monoisotopic (exact) mass is 596 g/mol. The lowest BCUT2D eigenvalue weighted by Gasteiger charge is -2.38. The van der Waals surface area contributed by atoms with Crippen molar-refractivity contribution in [3.8, 4) is 22.9 Å². The molecule has 2 fully saturated rings. The van der Waals surface area contributed by atoms with E-state index in [9.17, 15) is 14.4 Å². The maximum Gasteiger partial charge on any atom is 0.328 e. The predicted molar refractivity (Wildman–Crippen MR) is 170 cm³/mol. The Morgan fingerprint density at radius 2 is 1.70 bits per heavy atom. The number of hydrogen-bond donors (Lipinski definition) is 2. The van der Waals surface area contributed by atoms with Gasteiger partial charge >= 0.3 is 6.03 Å². The quantitative estimate of drug-likeness (QED) is 0.311. The van der Waals surface area contributed by atoms with Gasteiger partial charge < -0.3 is 19.4 Å². The molecule has 0 saturated carbocycles. The zero-order chi connectivity index (χ0) is 30.8. The second-order valence-corrected chi connectivity index (χ2v) is 11.2. The number of hydrogen-bond acceptors (Lipinski definition) is 8. The van der Waals surface area contributed by atoms with Gasteiger partial charge in [-0.25, -0.2) is 9.78 Å². The molecule has 228 valence electrons. The Kier molecular flexibility index (Phi) is 8.21. The van der Waals surface area contributed by atoms with E-state index in [1.807, 2.05) is 30.3 Å². The number of carbonyl (C=O) groups is 2. The van der Waals surface area contributed by atoms with E-state index in [1.54, 1.807) is 24.1 Å². The van der Waals surface area contributed by atoms with E-state index in [2.05, 4.69) is 45.3 Å². The molecule has 0 spiro atoms. The summed E-state index contributed by atoms with van der Waals surface area (Å²) >= 11 is 0. The lowest BCUT2D eigenvalue weighted by molar-refractivity contribution is -0.120. The molecule has 4 aromatic rings. The number of rotatable bonds is 8. The maximum absolute atomic E-state index is 12.9. The van der Waals surface area contributed by atoms with Crippen LogP contribution in [0.4, 0.5) is 16.2 Å². The van der Waals surface area contributed by atoms with Gasteiger partial charge in [0.2, 0.25) is 5.91 Å². The fraction of sp³-hybridized carbons (Fsp3) is 0.333. The minimum absolute atomic E-state index is 0.232. The van der Waals surface area contributed by atoms with Crippen LogP contribution in [-0.2, 0) is 11.3 Å². The van der Waals surface area contributed by atoms with Gasteiger partial charge in [-0.15, -0.1) is 0 Å². The highest BCUT2D eigenvalue weighted by Crippen LogP contribution is 2.30. The van der Waals surface area contributed by atoms with E-state index in [1.165, 1.54) is 7.11 Å². The molecule has 3 heterocycles. The minimum atomic E-state index is -0.362. The van der Waals surface area contributed by atoms with Gasteiger partial charge in [0.05, 0.1) is 19.7 Å². The Balaban J connectivity index is 1.11. The Morgan fingerprint density at radius 3 is 2.41 bits per heavy atom. The maximum atomic E-state index is 12.9. The van der Waals surface area contributed by atoms with E-state index in [0.29, 0.717) is 53.8 Å². The second kappa shape index (κ2) is 12.4.